The zero-order chi connectivity index (χ0) is 23.0. The maximum absolute atomic E-state index is 13.5. The normalized spacial score (nSPS) is 14.6. The minimum atomic E-state index is -0.580. The van der Waals surface area contributed by atoms with Crippen molar-refractivity contribution < 1.29 is 14.3 Å². The second-order valence-electron chi connectivity index (χ2n) is 8.66. The number of methoxy groups -OCH3 is 1. The van der Waals surface area contributed by atoms with Crippen LogP contribution in [0.25, 0.3) is 5.69 Å². The van der Waals surface area contributed by atoms with E-state index < -0.39 is 11.5 Å². The van der Waals surface area contributed by atoms with Crippen LogP contribution < -0.4 is 15.6 Å². The first-order valence-electron chi connectivity index (χ1n) is 10.2. The summed E-state index contributed by atoms with van der Waals surface area (Å²) in [5.41, 5.74) is 1.21. The molecule has 1 aliphatic carbocycles. The van der Waals surface area contributed by atoms with Crippen LogP contribution in [-0.2, 0) is 6.42 Å². The Labute approximate surface area is 190 Å². The van der Waals surface area contributed by atoms with Gasteiger partial charge >= 0.3 is 0 Å². The van der Waals surface area contributed by atoms with Crippen LogP contribution >= 0.6 is 11.6 Å². The number of hydrogen-bond acceptors (Lipinski definition) is 4. The molecule has 4 rings (SSSR count). The lowest BCUT2D eigenvalue weighted by Gasteiger charge is -2.32. The SMILES string of the molecule is COc1ccc(NC(=O)c2cc3c(n(-c4ccc(Cl)cc4)c2=O)CC(C)(C)CC3=O)cc1. The Balaban J connectivity index is 1.85. The lowest BCUT2D eigenvalue weighted by atomic mass is 9.75. The minimum absolute atomic E-state index is 0.0857. The van der Waals surface area contributed by atoms with Gasteiger partial charge in [0, 0.05) is 34.1 Å². The van der Waals surface area contributed by atoms with Gasteiger partial charge in [-0.15, -0.1) is 0 Å². The van der Waals surface area contributed by atoms with Gasteiger partial charge in [0.05, 0.1) is 7.11 Å². The van der Waals surface area contributed by atoms with Gasteiger partial charge < -0.3 is 10.1 Å². The molecule has 0 fully saturated rings. The zero-order valence-electron chi connectivity index (χ0n) is 18.1. The summed E-state index contributed by atoms with van der Waals surface area (Å²) in [5, 5.41) is 3.26. The Morgan fingerprint density at radius 1 is 1.03 bits per heavy atom. The predicted molar refractivity (Wildman–Crippen MR) is 124 cm³/mol. The molecule has 0 aliphatic heterocycles. The molecular weight excluding hydrogens is 428 g/mol. The summed E-state index contributed by atoms with van der Waals surface area (Å²) < 4.78 is 6.59. The molecule has 2 aromatic carbocycles. The van der Waals surface area contributed by atoms with Gasteiger partial charge in [0.25, 0.3) is 11.5 Å². The lowest BCUT2D eigenvalue weighted by molar-refractivity contribution is 0.0909. The lowest BCUT2D eigenvalue weighted by Crippen LogP contribution is -2.37. The van der Waals surface area contributed by atoms with Crippen LogP contribution in [0.2, 0.25) is 5.02 Å². The fourth-order valence-corrected chi connectivity index (χ4v) is 4.14. The molecule has 6 nitrogen and oxygen atoms in total. The van der Waals surface area contributed by atoms with E-state index in [-0.39, 0.29) is 16.8 Å². The molecule has 0 saturated carbocycles. The Morgan fingerprint density at radius 3 is 2.31 bits per heavy atom. The quantitative estimate of drug-likeness (QED) is 0.612. The largest absolute Gasteiger partial charge is 0.497 e. The van der Waals surface area contributed by atoms with E-state index in [1.165, 1.54) is 10.6 Å². The van der Waals surface area contributed by atoms with E-state index in [4.69, 9.17) is 16.3 Å². The van der Waals surface area contributed by atoms with Crippen molar-refractivity contribution in [2.75, 3.05) is 12.4 Å². The van der Waals surface area contributed by atoms with Crippen LogP contribution in [0.5, 0.6) is 5.75 Å². The van der Waals surface area contributed by atoms with Crippen molar-refractivity contribution in [3.8, 4) is 11.4 Å². The molecule has 1 amide bonds. The molecule has 1 aliphatic rings. The first kappa shape index (κ1) is 21.8. The number of rotatable bonds is 4. The van der Waals surface area contributed by atoms with Crippen LogP contribution in [0.4, 0.5) is 5.69 Å². The molecule has 164 valence electrons. The fraction of sp³-hybridized carbons (Fsp3) is 0.240. The summed E-state index contributed by atoms with van der Waals surface area (Å²) >= 11 is 6.03. The zero-order valence-corrected chi connectivity index (χ0v) is 18.8. The highest BCUT2D eigenvalue weighted by Gasteiger charge is 2.35. The smallest absolute Gasteiger partial charge is 0.268 e. The molecule has 1 heterocycles. The van der Waals surface area contributed by atoms with Crippen molar-refractivity contribution in [3.63, 3.8) is 0 Å². The van der Waals surface area contributed by atoms with E-state index in [0.29, 0.717) is 46.2 Å². The number of benzene rings is 2. The maximum atomic E-state index is 13.5. The molecule has 32 heavy (non-hydrogen) atoms. The highest BCUT2D eigenvalue weighted by molar-refractivity contribution is 6.30. The number of halogens is 1. The number of nitrogens with one attached hydrogen (secondary N) is 1. The molecule has 0 atom stereocenters. The van der Waals surface area contributed by atoms with Crippen molar-refractivity contribution in [2.24, 2.45) is 5.41 Å². The molecule has 0 unspecified atom stereocenters. The third kappa shape index (κ3) is 4.18. The molecule has 0 saturated heterocycles. The summed E-state index contributed by atoms with van der Waals surface area (Å²) in [4.78, 5) is 39.5. The predicted octanol–water partition coefficient (Wildman–Crippen LogP) is 4.91. The molecule has 1 N–H and O–H groups in total. The number of ketones is 1. The number of pyridine rings is 1. The molecule has 0 radical (unpaired) electrons. The van der Waals surface area contributed by atoms with Gasteiger partial charge in [-0.2, -0.15) is 0 Å². The minimum Gasteiger partial charge on any atom is -0.497 e. The number of fused-ring (bicyclic) bond motifs is 1. The van der Waals surface area contributed by atoms with Crippen LogP contribution in [-0.4, -0.2) is 23.4 Å². The van der Waals surface area contributed by atoms with E-state index in [0.717, 1.165) is 0 Å². The van der Waals surface area contributed by atoms with E-state index in [2.05, 4.69) is 5.32 Å². The van der Waals surface area contributed by atoms with Gasteiger partial charge in [0.2, 0.25) is 0 Å². The number of carbonyl (C=O) groups is 2. The van der Waals surface area contributed by atoms with Gasteiger partial charge in [0.1, 0.15) is 11.3 Å². The second kappa shape index (κ2) is 8.28. The number of aromatic nitrogens is 1. The molecule has 1 aromatic heterocycles. The topological polar surface area (TPSA) is 77.4 Å². The molecule has 0 bridgehead atoms. The standard InChI is InChI=1S/C25H23ClN2O4/c1-25(2)13-21-19(22(29)14-25)12-20(23(30)27-16-6-10-18(32-3)11-7-16)24(31)28(21)17-8-4-15(26)5-9-17/h4-12H,13-14H2,1-3H3,(H,27,30). The number of Topliss-reactive ketones (excluding diaryl/α,β-unsaturated/α-hetero) is 1. The van der Waals surface area contributed by atoms with Crippen LogP contribution in [0.3, 0.4) is 0 Å². The van der Waals surface area contributed by atoms with Crippen molar-refractivity contribution in [3.05, 3.63) is 86.8 Å². The van der Waals surface area contributed by atoms with E-state index in [1.54, 1.807) is 55.6 Å². The summed E-state index contributed by atoms with van der Waals surface area (Å²) in [6.45, 7) is 3.99. The fourth-order valence-electron chi connectivity index (χ4n) is 4.01. The Kier molecular flexibility index (Phi) is 5.65. The van der Waals surface area contributed by atoms with Gasteiger partial charge in [-0.25, -0.2) is 0 Å². The molecule has 0 spiro atoms. The number of carbonyl (C=O) groups excluding carboxylic acids is 2. The molecule has 3 aromatic rings. The van der Waals surface area contributed by atoms with Crippen molar-refractivity contribution in [2.45, 2.75) is 26.7 Å². The van der Waals surface area contributed by atoms with Crippen LogP contribution in [0.1, 0.15) is 46.7 Å². The number of anilines is 1. The number of ether oxygens (including phenoxy) is 1. The molecule has 7 heteroatoms. The first-order valence-corrected chi connectivity index (χ1v) is 10.6. The van der Waals surface area contributed by atoms with Crippen LogP contribution in [0, 0.1) is 5.41 Å². The van der Waals surface area contributed by atoms with Crippen molar-refractivity contribution in [1.29, 1.82) is 0 Å². The van der Waals surface area contributed by atoms with E-state index >= 15 is 0 Å². The highest BCUT2D eigenvalue weighted by atomic mass is 35.5. The first-order chi connectivity index (χ1) is 15.2. The van der Waals surface area contributed by atoms with E-state index in [9.17, 15) is 14.4 Å². The maximum Gasteiger partial charge on any atom is 0.268 e. The van der Waals surface area contributed by atoms with Gasteiger partial charge in [0.15, 0.2) is 5.78 Å². The highest BCUT2D eigenvalue weighted by Crippen LogP contribution is 2.35. The number of hydrogen-bond donors (Lipinski definition) is 1. The van der Waals surface area contributed by atoms with Crippen LogP contribution in [0.15, 0.2) is 59.4 Å². The van der Waals surface area contributed by atoms with E-state index in [1.807, 2.05) is 13.8 Å². The monoisotopic (exact) mass is 450 g/mol. The average molecular weight is 451 g/mol. The van der Waals surface area contributed by atoms with Gasteiger partial charge in [-0.05, 0) is 66.4 Å². The summed E-state index contributed by atoms with van der Waals surface area (Å²) in [7, 11) is 1.55. The number of amides is 1. The van der Waals surface area contributed by atoms with Gasteiger partial charge in [-0.3, -0.25) is 19.0 Å². The summed E-state index contributed by atoms with van der Waals surface area (Å²) in [6, 6.07) is 15.0. The average Bonchev–Trinajstić information content (AvgIpc) is 2.74. The third-order valence-corrected chi connectivity index (χ3v) is 5.82. The van der Waals surface area contributed by atoms with Gasteiger partial charge in [-0.1, -0.05) is 25.4 Å². The number of nitrogens with zero attached hydrogens (tertiary/aromatic N) is 1. The Hall–Kier alpha value is -3.38. The van der Waals surface area contributed by atoms with Crippen molar-refractivity contribution >= 4 is 29.0 Å². The summed E-state index contributed by atoms with van der Waals surface area (Å²) in [5.74, 6) is -0.0177. The van der Waals surface area contributed by atoms with Crippen molar-refractivity contribution in [1.82, 2.24) is 4.57 Å². The molecular formula is C25H23ClN2O4. The third-order valence-electron chi connectivity index (χ3n) is 5.57. The Bertz CT molecular complexity index is 1260. The second-order valence-corrected chi connectivity index (χ2v) is 9.10. The Morgan fingerprint density at radius 2 is 1.69 bits per heavy atom. The summed E-state index contributed by atoms with van der Waals surface area (Å²) in [6.07, 6.45) is 0.880.